The van der Waals surface area contributed by atoms with Gasteiger partial charge in [-0.3, -0.25) is 14.5 Å². The van der Waals surface area contributed by atoms with Crippen LogP contribution in [0, 0.1) is 6.92 Å². The summed E-state index contributed by atoms with van der Waals surface area (Å²) in [6, 6.07) is 8.47. The van der Waals surface area contributed by atoms with E-state index in [1.807, 2.05) is 26.0 Å². The van der Waals surface area contributed by atoms with Gasteiger partial charge >= 0.3 is 5.91 Å². The van der Waals surface area contributed by atoms with E-state index in [0.29, 0.717) is 22.8 Å². The van der Waals surface area contributed by atoms with Crippen molar-refractivity contribution in [1.29, 1.82) is 0 Å². The number of nitrogens with zero attached hydrogens (tertiary/aromatic N) is 4. The monoisotopic (exact) mass is 484 g/mol. The Bertz CT molecular complexity index is 1310. The molecule has 0 aliphatic carbocycles. The Morgan fingerprint density at radius 1 is 1.09 bits per heavy atom. The largest absolute Gasteiger partial charge is 0.858 e. The molecule has 0 N–H and O–H groups in total. The highest BCUT2D eigenvalue weighted by atomic mass is 35.5. The average molecular weight is 485 g/mol. The number of halogens is 2. The van der Waals surface area contributed by atoms with Gasteiger partial charge in [0.2, 0.25) is 0 Å². The second-order valence-electron chi connectivity index (χ2n) is 7.73. The Labute approximate surface area is 201 Å². The number of hydrogen-bond acceptors (Lipinski definition) is 4. The van der Waals surface area contributed by atoms with E-state index in [2.05, 4.69) is 5.10 Å². The molecule has 0 bridgehead atoms. The summed E-state index contributed by atoms with van der Waals surface area (Å²) in [6.45, 7) is 5.78. The van der Waals surface area contributed by atoms with Gasteiger partial charge in [-0.1, -0.05) is 37.0 Å². The Kier molecular flexibility index (Phi) is 6.28. The molecule has 2 aromatic heterocycles. The predicted molar refractivity (Wildman–Crippen MR) is 124 cm³/mol. The summed E-state index contributed by atoms with van der Waals surface area (Å²) >= 11 is 12.1. The Morgan fingerprint density at radius 3 is 2.52 bits per heavy atom. The van der Waals surface area contributed by atoms with Gasteiger partial charge in [0.15, 0.2) is 12.4 Å². The van der Waals surface area contributed by atoms with Crippen LogP contribution in [-0.2, 0) is 16.0 Å². The van der Waals surface area contributed by atoms with Crippen molar-refractivity contribution in [2.75, 3.05) is 6.54 Å². The number of aromatic nitrogens is 3. The van der Waals surface area contributed by atoms with Crippen molar-refractivity contribution in [2.24, 2.45) is 0 Å². The predicted octanol–water partition coefficient (Wildman–Crippen LogP) is 3.56. The van der Waals surface area contributed by atoms with Crippen LogP contribution in [0.15, 0.2) is 42.7 Å². The molecule has 7 nitrogen and oxygen atoms in total. The van der Waals surface area contributed by atoms with Gasteiger partial charge in [0.1, 0.15) is 5.57 Å². The van der Waals surface area contributed by atoms with Crippen molar-refractivity contribution in [3.63, 3.8) is 0 Å². The Balaban J connectivity index is 1.96. The molecule has 4 rings (SSSR count). The number of carbonyl (C=O) groups is 2. The summed E-state index contributed by atoms with van der Waals surface area (Å²) in [6.07, 6.45) is 4.87. The fourth-order valence-corrected chi connectivity index (χ4v) is 4.21. The molecule has 0 saturated heterocycles. The molecule has 1 aliphatic heterocycles. The first-order valence-corrected chi connectivity index (χ1v) is 11.4. The molecule has 0 saturated carbocycles. The lowest BCUT2D eigenvalue weighted by atomic mass is 10.0. The van der Waals surface area contributed by atoms with Gasteiger partial charge in [0.05, 0.1) is 21.4 Å². The third kappa shape index (κ3) is 3.92. The molecule has 3 aromatic rings. The second kappa shape index (κ2) is 9.00. The summed E-state index contributed by atoms with van der Waals surface area (Å²) in [5.41, 5.74) is 2.05. The van der Waals surface area contributed by atoms with E-state index in [-0.39, 0.29) is 28.4 Å². The Hall–Kier alpha value is -3.16. The molecule has 0 unspecified atom stereocenters. The zero-order valence-electron chi connectivity index (χ0n) is 18.4. The first-order valence-electron chi connectivity index (χ1n) is 10.6. The lowest BCUT2D eigenvalue weighted by Gasteiger charge is -2.15. The number of amides is 2. The molecular weight excluding hydrogens is 463 g/mol. The van der Waals surface area contributed by atoms with E-state index in [9.17, 15) is 14.7 Å². The van der Waals surface area contributed by atoms with Crippen molar-refractivity contribution < 1.29 is 19.3 Å². The van der Waals surface area contributed by atoms with Crippen molar-refractivity contribution >= 4 is 46.3 Å². The molecule has 0 atom stereocenters. The third-order valence-electron chi connectivity index (χ3n) is 5.53. The van der Waals surface area contributed by atoms with Crippen molar-refractivity contribution in [2.45, 2.75) is 33.6 Å². The van der Waals surface area contributed by atoms with Crippen LogP contribution in [0.25, 0.3) is 17.0 Å². The average Bonchev–Trinajstić information content (AvgIpc) is 3.22. The van der Waals surface area contributed by atoms with Crippen LogP contribution in [0.4, 0.5) is 0 Å². The normalized spacial score (nSPS) is 14.0. The standard InChI is InChI=1S/C24H22Cl2N4O3/c1-4-10-29-22(31)20(21(24(29)33)28-11-6-7-15(5-2)13-28)19-14(3)27-30(23(19)32)16-8-9-17(25)18(26)12-16/h6-9,11-13H,4-5,10H2,1-3H3. The van der Waals surface area contributed by atoms with Crippen LogP contribution in [0.2, 0.25) is 10.0 Å². The zero-order valence-corrected chi connectivity index (χ0v) is 19.9. The molecule has 1 aliphatic rings. The van der Waals surface area contributed by atoms with Crippen molar-refractivity contribution in [1.82, 2.24) is 14.7 Å². The maximum atomic E-state index is 13.5. The lowest BCUT2D eigenvalue weighted by molar-refractivity contribution is -0.577. The number of carbonyl (C=O) groups excluding carboxylic acids is 2. The number of imide groups is 1. The van der Waals surface area contributed by atoms with Gasteiger partial charge in [-0.25, -0.2) is 4.68 Å². The highest BCUT2D eigenvalue weighted by Gasteiger charge is 2.46. The van der Waals surface area contributed by atoms with E-state index in [0.717, 1.165) is 12.0 Å². The van der Waals surface area contributed by atoms with Gasteiger partial charge in [-0.05, 0) is 49.9 Å². The first-order chi connectivity index (χ1) is 15.8. The Morgan fingerprint density at radius 2 is 1.85 bits per heavy atom. The maximum absolute atomic E-state index is 13.5. The summed E-state index contributed by atoms with van der Waals surface area (Å²) < 4.78 is 2.80. The number of rotatable bonds is 6. The second-order valence-corrected chi connectivity index (χ2v) is 8.55. The summed E-state index contributed by atoms with van der Waals surface area (Å²) in [5.74, 6) is -1.44. The van der Waals surface area contributed by atoms with Gasteiger partial charge in [0, 0.05) is 23.7 Å². The molecule has 3 heterocycles. The number of pyridine rings is 1. The maximum Gasteiger partial charge on any atom is 0.326 e. The van der Waals surface area contributed by atoms with E-state index in [1.165, 1.54) is 15.6 Å². The van der Waals surface area contributed by atoms with Gasteiger partial charge in [-0.15, -0.1) is 0 Å². The highest BCUT2D eigenvalue weighted by molar-refractivity contribution is 6.45. The van der Waals surface area contributed by atoms with Crippen LogP contribution in [0.1, 0.15) is 37.1 Å². The summed E-state index contributed by atoms with van der Waals surface area (Å²) in [4.78, 5) is 27.9. The van der Waals surface area contributed by atoms with E-state index in [1.54, 1.807) is 36.0 Å². The summed E-state index contributed by atoms with van der Waals surface area (Å²) in [5, 5.41) is 18.5. The number of hydrogen-bond donors (Lipinski definition) is 0. The fourth-order valence-electron chi connectivity index (χ4n) is 3.91. The van der Waals surface area contributed by atoms with Crippen LogP contribution >= 0.6 is 23.2 Å². The van der Waals surface area contributed by atoms with E-state index in [4.69, 9.17) is 23.2 Å². The topological polar surface area (TPSA) is 82.1 Å². The molecular formula is C24H22Cl2N4O3. The lowest BCUT2D eigenvalue weighted by Crippen LogP contribution is -2.40. The molecule has 2 amide bonds. The first kappa shape index (κ1) is 23.0. The van der Waals surface area contributed by atoms with Gasteiger partial charge < -0.3 is 5.11 Å². The minimum Gasteiger partial charge on any atom is -0.858 e. The highest BCUT2D eigenvalue weighted by Crippen LogP contribution is 2.37. The molecule has 33 heavy (non-hydrogen) atoms. The third-order valence-corrected chi connectivity index (χ3v) is 6.27. The fraction of sp³-hybridized carbons (Fsp3) is 0.250. The van der Waals surface area contributed by atoms with Crippen LogP contribution in [0.3, 0.4) is 0 Å². The van der Waals surface area contributed by atoms with Gasteiger partial charge in [-0.2, -0.15) is 9.67 Å². The molecule has 0 spiro atoms. The van der Waals surface area contributed by atoms with Crippen molar-refractivity contribution in [3.8, 4) is 11.6 Å². The molecule has 170 valence electrons. The number of aryl methyl sites for hydroxylation is 2. The van der Waals surface area contributed by atoms with Crippen LogP contribution < -0.4 is 9.67 Å². The zero-order chi connectivity index (χ0) is 23.9. The molecule has 0 fully saturated rings. The smallest absolute Gasteiger partial charge is 0.326 e. The molecule has 1 aromatic carbocycles. The molecule has 0 radical (unpaired) electrons. The number of benzene rings is 1. The SMILES string of the molecule is CCCN1C(=O)C(c2c(C)nn(-c3ccc(Cl)c(Cl)c3)c2[O-])=C([n+]2cccc(CC)c2)C1=O. The minimum absolute atomic E-state index is 0.0560. The van der Waals surface area contributed by atoms with Crippen LogP contribution in [0.5, 0.6) is 5.88 Å². The minimum atomic E-state index is -0.509. The molecule has 9 heteroatoms. The van der Waals surface area contributed by atoms with Crippen LogP contribution in [-0.4, -0.2) is 33.0 Å². The van der Waals surface area contributed by atoms with Gasteiger partial charge in [0.25, 0.3) is 11.6 Å². The van der Waals surface area contributed by atoms with Crippen molar-refractivity contribution in [3.05, 3.63) is 69.6 Å². The quantitative estimate of drug-likeness (QED) is 0.395. The van der Waals surface area contributed by atoms with E-state index >= 15 is 0 Å². The van der Waals surface area contributed by atoms with E-state index < -0.39 is 17.7 Å². The summed E-state index contributed by atoms with van der Waals surface area (Å²) in [7, 11) is 0.